The molecule has 2 aromatic carbocycles. The summed E-state index contributed by atoms with van der Waals surface area (Å²) in [6, 6.07) is 19.1. The van der Waals surface area contributed by atoms with Gasteiger partial charge in [0.25, 0.3) is 0 Å². The summed E-state index contributed by atoms with van der Waals surface area (Å²) in [5.74, 6) is 1.67. The molecule has 0 radical (unpaired) electrons. The van der Waals surface area contributed by atoms with Crippen LogP contribution in [0.1, 0.15) is 17.5 Å². The second-order valence-corrected chi connectivity index (χ2v) is 7.20. The highest BCUT2D eigenvalue weighted by atomic mass is 127. The number of nitrogens with zero attached hydrogens (tertiary/aromatic N) is 5. The lowest BCUT2D eigenvalue weighted by Crippen LogP contribution is -2.39. The molecule has 1 N–H and O–H groups in total. The van der Waals surface area contributed by atoms with Gasteiger partial charge in [-0.2, -0.15) is 5.10 Å². The molecule has 6 nitrogen and oxygen atoms in total. The van der Waals surface area contributed by atoms with Crippen molar-refractivity contribution in [2.24, 2.45) is 10.9 Å². The van der Waals surface area contributed by atoms with Crippen LogP contribution in [0.2, 0.25) is 0 Å². The van der Waals surface area contributed by atoms with Crippen LogP contribution in [0.4, 0.5) is 0 Å². The highest BCUT2D eigenvalue weighted by molar-refractivity contribution is 14.0. The van der Waals surface area contributed by atoms with Crippen LogP contribution in [-0.2, 0) is 13.0 Å². The maximum atomic E-state index is 4.49. The molecule has 0 bridgehead atoms. The Morgan fingerprint density at radius 2 is 1.90 bits per heavy atom. The number of hydrogen-bond acceptors (Lipinski definition) is 3. The molecule has 152 valence electrons. The van der Waals surface area contributed by atoms with Crippen LogP contribution in [0.3, 0.4) is 0 Å². The summed E-state index contributed by atoms with van der Waals surface area (Å²) in [5, 5.41) is 7.66. The van der Waals surface area contributed by atoms with Crippen LogP contribution in [-0.4, -0.2) is 45.8 Å². The molecule has 1 aliphatic heterocycles. The van der Waals surface area contributed by atoms with Crippen molar-refractivity contribution in [2.75, 3.05) is 20.1 Å². The number of nitrogens with one attached hydrogen (secondary N) is 1. The number of rotatable bonds is 5. The van der Waals surface area contributed by atoms with Crippen molar-refractivity contribution in [3.05, 3.63) is 78.4 Å². The monoisotopic (exact) mass is 502 g/mol. The summed E-state index contributed by atoms with van der Waals surface area (Å²) >= 11 is 0. The fourth-order valence-corrected chi connectivity index (χ4v) is 3.76. The van der Waals surface area contributed by atoms with Crippen molar-refractivity contribution in [3.8, 4) is 5.69 Å². The molecule has 2 heterocycles. The number of benzene rings is 2. The molecule has 0 spiro atoms. The summed E-state index contributed by atoms with van der Waals surface area (Å²) in [6.07, 6.45) is 5.59. The molecule has 7 heteroatoms. The Morgan fingerprint density at radius 1 is 1.10 bits per heavy atom. The van der Waals surface area contributed by atoms with Gasteiger partial charge in [-0.3, -0.25) is 4.99 Å². The first kappa shape index (κ1) is 21.3. The van der Waals surface area contributed by atoms with E-state index in [1.54, 1.807) is 17.3 Å². The van der Waals surface area contributed by atoms with Gasteiger partial charge in [0.15, 0.2) is 5.96 Å². The molecule has 1 aliphatic rings. The molecule has 1 saturated heterocycles. The van der Waals surface area contributed by atoms with Gasteiger partial charge in [0, 0.05) is 26.7 Å². The minimum Gasteiger partial charge on any atom is -0.352 e. The van der Waals surface area contributed by atoms with Crippen molar-refractivity contribution >= 4 is 29.9 Å². The Bertz CT molecular complexity index is 893. The predicted octanol–water partition coefficient (Wildman–Crippen LogP) is 3.53. The normalized spacial score (nSPS) is 16.5. The molecule has 0 amide bonds. The summed E-state index contributed by atoms with van der Waals surface area (Å²) in [5.41, 5.74) is 3.64. The van der Waals surface area contributed by atoms with Crippen molar-refractivity contribution in [3.63, 3.8) is 0 Å². The molecule has 0 aliphatic carbocycles. The first-order valence-corrected chi connectivity index (χ1v) is 9.75. The lowest BCUT2D eigenvalue weighted by molar-refractivity contribution is 0.460. The van der Waals surface area contributed by atoms with Crippen molar-refractivity contribution < 1.29 is 0 Å². The quantitative estimate of drug-likeness (QED) is 0.330. The number of aliphatic imine (C=N–C) groups is 1. The van der Waals surface area contributed by atoms with Crippen LogP contribution >= 0.6 is 24.0 Å². The summed E-state index contributed by atoms with van der Waals surface area (Å²) in [4.78, 5) is 10.9. The standard InChI is InChI=1S/C22H26N6.HI/c1-23-22(27-12-11-20(15-27)13-18-5-3-2-4-6-18)25-14-19-7-9-21(10-8-19)28-17-24-16-26-28;/h2-10,16-17,20H,11-15H2,1H3,(H,23,25);1H. The van der Waals surface area contributed by atoms with Crippen LogP contribution in [0, 0.1) is 5.92 Å². The van der Waals surface area contributed by atoms with Gasteiger partial charge in [-0.25, -0.2) is 9.67 Å². The molecule has 3 aromatic rings. The van der Waals surface area contributed by atoms with Gasteiger partial charge >= 0.3 is 0 Å². The van der Waals surface area contributed by atoms with Gasteiger partial charge in [0.05, 0.1) is 5.69 Å². The zero-order chi connectivity index (χ0) is 19.2. The Labute approximate surface area is 189 Å². The number of guanidine groups is 1. The molecule has 1 fully saturated rings. The molecule has 4 rings (SSSR count). The van der Waals surface area contributed by atoms with E-state index in [1.807, 2.05) is 7.05 Å². The summed E-state index contributed by atoms with van der Waals surface area (Å²) in [7, 11) is 1.86. The van der Waals surface area contributed by atoms with Gasteiger partial charge in [-0.05, 0) is 42.0 Å². The van der Waals surface area contributed by atoms with Crippen molar-refractivity contribution in [1.82, 2.24) is 25.0 Å². The third kappa shape index (κ3) is 5.56. The zero-order valence-electron chi connectivity index (χ0n) is 16.6. The molecule has 0 saturated carbocycles. The first-order valence-electron chi connectivity index (χ1n) is 9.75. The molecule has 1 aromatic heterocycles. The van der Waals surface area contributed by atoms with Gasteiger partial charge in [-0.15, -0.1) is 24.0 Å². The lowest BCUT2D eigenvalue weighted by Gasteiger charge is -2.22. The first-order chi connectivity index (χ1) is 13.8. The molecular formula is C22H27IN6. The fraction of sp³-hybridized carbons (Fsp3) is 0.318. The minimum absolute atomic E-state index is 0. The van der Waals surface area contributed by atoms with E-state index in [2.05, 4.69) is 79.9 Å². The fourth-order valence-electron chi connectivity index (χ4n) is 3.76. The smallest absolute Gasteiger partial charge is 0.193 e. The van der Waals surface area contributed by atoms with E-state index in [0.717, 1.165) is 37.7 Å². The van der Waals surface area contributed by atoms with E-state index in [1.165, 1.54) is 17.5 Å². The summed E-state index contributed by atoms with van der Waals surface area (Å²) in [6.45, 7) is 2.87. The largest absolute Gasteiger partial charge is 0.352 e. The van der Waals surface area contributed by atoms with Gasteiger partial charge < -0.3 is 10.2 Å². The predicted molar refractivity (Wildman–Crippen MR) is 127 cm³/mol. The van der Waals surface area contributed by atoms with Crippen LogP contribution < -0.4 is 5.32 Å². The molecule has 1 unspecified atom stereocenters. The molecular weight excluding hydrogens is 475 g/mol. The zero-order valence-corrected chi connectivity index (χ0v) is 18.9. The SMILES string of the molecule is CN=C(NCc1ccc(-n2cncn2)cc1)N1CCC(Cc2ccccc2)C1.I. The maximum absolute atomic E-state index is 4.49. The van der Waals surface area contributed by atoms with Gasteiger partial charge in [0.2, 0.25) is 0 Å². The Kier molecular flexibility index (Phi) is 7.62. The van der Waals surface area contributed by atoms with E-state index in [-0.39, 0.29) is 24.0 Å². The third-order valence-electron chi connectivity index (χ3n) is 5.23. The number of hydrogen-bond donors (Lipinski definition) is 1. The van der Waals surface area contributed by atoms with Gasteiger partial charge in [-0.1, -0.05) is 42.5 Å². The van der Waals surface area contributed by atoms with Crippen molar-refractivity contribution in [2.45, 2.75) is 19.4 Å². The molecule has 1 atom stereocenters. The Hall–Kier alpha value is -2.42. The number of aromatic nitrogens is 3. The average Bonchev–Trinajstić information content (AvgIpc) is 3.43. The van der Waals surface area contributed by atoms with Crippen LogP contribution in [0.15, 0.2) is 72.2 Å². The topological polar surface area (TPSA) is 58.3 Å². The van der Waals surface area contributed by atoms with E-state index in [0.29, 0.717) is 5.92 Å². The minimum atomic E-state index is 0. The third-order valence-corrected chi connectivity index (χ3v) is 5.23. The Morgan fingerprint density at radius 3 is 2.59 bits per heavy atom. The van der Waals surface area contributed by atoms with E-state index in [9.17, 15) is 0 Å². The summed E-state index contributed by atoms with van der Waals surface area (Å²) < 4.78 is 1.76. The van der Waals surface area contributed by atoms with Crippen LogP contribution in [0.25, 0.3) is 5.69 Å². The highest BCUT2D eigenvalue weighted by Gasteiger charge is 2.24. The van der Waals surface area contributed by atoms with Crippen LogP contribution in [0.5, 0.6) is 0 Å². The van der Waals surface area contributed by atoms with Crippen molar-refractivity contribution in [1.29, 1.82) is 0 Å². The number of likely N-dealkylation sites (tertiary alicyclic amines) is 1. The van der Waals surface area contributed by atoms with E-state index >= 15 is 0 Å². The maximum Gasteiger partial charge on any atom is 0.193 e. The number of halogens is 1. The second kappa shape index (κ2) is 10.4. The van der Waals surface area contributed by atoms with Gasteiger partial charge in [0.1, 0.15) is 12.7 Å². The highest BCUT2D eigenvalue weighted by Crippen LogP contribution is 2.21. The van der Waals surface area contributed by atoms with E-state index < -0.39 is 0 Å². The second-order valence-electron chi connectivity index (χ2n) is 7.20. The Balaban J connectivity index is 0.00000240. The lowest BCUT2D eigenvalue weighted by atomic mass is 9.99. The molecule has 29 heavy (non-hydrogen) atoms. The van der Waals surface area contributed by atoms with E-state index in [4.69, 9.17) is 0 Å². The average molecular weight is 502 g/mol.